The van der Waals surface area contributed by atoms with E-state index in [0.29, 0.717) is 5.95 Å². The minimum absolute atomic E-state index is 0.687. The number of rotatable bonds is 2. The lowest BCUT2D eigenvalue weighted by Gasteiger charge is -2.29. The van der Waals surface area contributed by atoms with E-state index in [1.54, 1.807) is 0 Å². The zero-order chi connectivity index (χ0) is 12.5. The molecule has 0 atom stereocenters. The summed E-state index contributed by atoms with van der Waals surface area (Å²) >= 11 is 1.86. The monoisotopic (exact) mass is 260 g/mol. The van der Waals surface area contributed by atoms with Crippen LogP contribution in [-0.2, 0) is 13.0 Å². The molecule has 0 aliphatic carbocycles. The lowest BCUT2D eigenvalue weighted by atomic mass is 10.1. The van der Waals surface area contributed by atoms with Crippen molar-refractivity contribution in [2.24, 2.45) is 0 Å². The first-order valence-electron chi connectivity index (χ1n) is 6.09. The molecule has 0 radical (unpaired) electrons. The molecule has 1 N–H and O–H groups in total. The van der Waals surface area contributed by atoms with Crippen LogP contribution in [0.4, 0.5) is 11.8 Å². The maximum atomic E-state index is 4.58. The number of nitrogens with zero attached hydrogens (tertiary/aromatic N) is 3. The average molecular weight is 260 g/mol. The maximum absolute atomic E-state index is 4.58. The highest BCUT2D eigenvalue weighted by Gasteiger charge is 2.20. The fourth-order valence-corrected chi connectivity index (χ4v) is 3.19. The molecule has 18 heavy (non-hydrogen) atoms. The summed E-state index contributed by atoms with van der Waals surface area (Å²) in [6.45, 7) is 4.06. The number of aryl methyl sites for hydroxylation is 1. The first kappa shape index (κ1) is 11.5. The van der Waals surface area contributed by atoms with E-state index in [4.69, 9.17) is 0 Å². The van der Waals surface area contributed by atoms with Crippen LogP contribution in [0.25, 0.3) is 0 Å². The van der Waals surface area contributed by atoms with E-state index >= 15 is 0 Å². The van der Waals surface area contributed by atoms with Crippen LogP contribution in [0.15, 0.2) is 17.6 Å². The SMILES string of the molecule is CNc1ncc(C)c(N2CCc3sccc3C2)n1. The summed E-state index contributed by atoms with van der Waals surface area (Å²) in [6.07, 6.45) is 3.00. The van der Waals surface area contributed by atoms with Crippen LogP contribution in [0.2, 0.25) is 0 Å². The Hall–Kier alpha value is -1.62. The predicted octanol–water partition coefficient (Wildman–Crippen LogP) is 2.45. The van der Waals surface area contributed by atoms with Crippen molar-refractivity contribution in [1.29, 1.82) is 0 Å². The molecule has 0 aromatic carbocycles. The average Bonchev–Trinajstić information content (AvgIpc) is 2.86. The summed E-state index contributed by atoms with van der Waals surface area (Å²) in [5.41, 5.74) is 2.57. The summed E-state index contributed by atoms with van der Waals surface area (Å²) < 4.78 is 0. The van der Waals surface area contributed by atoms with E-state index < -0.39 is 0 Å². The molecule has 0 spiro atoms. The molecule has 5 heteroatoms. The second-order valence-corrected chi connectivity index (χ2v) is 5.49. The number of thiophene rings is 1. The Morgan fingerprint density at radius 1 is 1.44 bits per heavy atom. The molecule has 0 saturated carbocycles. The predicted molar refractivity (Wildman–Crippen MR) is 75.4 cm³/mol. The highest BCUT2D eigenvalue weighted by Crippen LogP contribution is 2.28. The molecule has 0 bridgehead atoms. The fourth-order valence-electron chi connectivity index (χ4n) is 2.30. The topological polar surface area (TPSA) is 41.1 Å². The number of anilines is 2. The zero-order valence-corrected chi connectivity index (χ0v) is 11.4. The number of hydrogen-bond acceptors (Lipinski definition) is 5. The minimum Gasteiger partial charge on any atom is -0.357 e. The second-order valence-electron chi connectivity index (χ2n) is 4.49. The molecular formula is C13H16N4S. The van der Waals surface area contributed by atoms with Gasteiger partial charge in [0.2, 0.25) is 5.95 Å². The van der Waals surface area contributed by atoms with Crippen molar-refractivity contribution < 1.29 is 0 Å². The largest absolute Gasteiger partial charge is 0.357 e. The van der Waals surface area contributed by atoms with Gasteiger partial charge >= 0.3 is 0 Å². The van der Waals surface area contributed by atoms with Crippen molar-refractivity contribution in [2.45, 2.75) is 19.9 Å². The Morgan fingerprint density at radius 2 is 2.33 bits per heavy atom. The second kappa shape index (κ2) is 4.57. The normalized spacial score (nSPS) is 14.4. The van der Waals surface area contributed by atoms with Gasteiger partial charge in [0.1, 0.15) is 5.82 Å². The van der Waals surface area contributed by atoms with Crippen LogP contribution in [-0.4, -0.2) is 23.6 Å². The van der Waals surface area contributed by atoms with Crippen molar-refractivity contribution in [1.82, 2.24) is 9.97 Å². The van der Waals surface area contributed by atoms with E-state index in [1.165, 1.54) is 10.4 Å². The lowest BCUT2D eigenvalue weighted by Crippen LogP contribution is -2.31. The lowest BCUT2D eigenvalue weighted by molar-refractivity contribution is 0.727. The molecule has 0 fully saturated rings. The highest BCUT2D eigenvalue weighted by atomic mass is 32.1. The Bertz CT molecular complexity index is 564. The van der Waals surface area contributed by atoms with Gasteiger partial charge in [-0.3, -0.25) is 0 Å². The molecule has 2 aromatic heterocycles. The first-order chi connectivity index (χ1) is 8.78. The Labute approximate surface area is 111 Å². The van der Waals surface area contributed by atoms with Gasteiger partial charge in [-0.1, -0.05) is 0 Å². The molecule has 3 rings (SSSR count). The molecule has 0 amide bonds. The third-order valence-electron chi connectivity index (χ3n) is 3.28. The summed E-state index contributed by atoms with van der Waals surface area (Å²) in [4.78, 5) is 12.7. The zero-order valence-electron chi connectivity index (χ0n) is 10.6. The molecule has 4 nitrogen and oxygen atoms in total. The van der Waals surface area contributed by atoms with Crippen molar-refractivity contribution in [3.05, 3.63) is 33.6 Å². The third-order valence-corrected chi connectivity index (χ3v) is 4.30. The molecular weight excluding hydrogens is 244 g/mol. The van der Waals surface area contributed by atoms with Crippen molar-refractivity contribution in [3.63, 3.8) is 0 Å². The van der Waals surface area contributed by atoms with Crippen LogP contribution in [0.5, 0.6) is 0 Å². The van der Waals surface area contributed by atoms with Gasteiger partial charge in [0, 0.05) is 36.8 Å². The van der Waals surface area contributed by atoms with Crippen molar-refractivity contribution in [2.75, 3.05) is 23.8 Å². The van der Waals surface area contributed by atoms with Crippen LogP contribution in [0, 0.1) is 6.92 Å². The number of hydrogen-bond donors (Lipinski definition) is 1. The standard InChI is InChI=1S/C13H16N4S/c1-9-7-15-13(14-2)16-12(9)17-5-3-11-10(8-17)4-6-18-11/h4,6-7H,3,5,8H2,1-2H3,(H,14,15,16). The Morgan fingerprint density at radius 3 is 3.17 bits per heavy atom. The van der Waals surface area contributed by atoms with Crippen molar-refractivity contribution >= 4 is 23.1 Å². The minimum atomic E-state index is 0.687. The molecule has 0 saturated heterocycles. The van der Waals surface area contributed by atoms with Gasteiger partial charge in [-0.2, -0.15) is 4.98 Å². The fraction of sp³-hybridized carbons (Fsp3) is 0.385. The molecule has 94 valence electrons. The van der Waals surface area contributed by atoms with E-state index in [-0.39, 0.29) is 0 Å². The summed E-state index contributed by atoms with van der Waals surface area (Å²) in [7, 11) is 1.85. The summed E-state index contributed by atoms with van der Waals surface area (Å²) in [5.74, 6) is 1.73. The molecule has 1 aliphatic heterocycles. The number of nitrogens with one attached hydrogen (secondary N) is 1. The number of aromatic nitrogens is 2. The van der Waals surface area contributed by atoms with Gasteiger partial charge in [0.05, 0.1) is 0 Å². The van der Waals surface area contributed by atoms with E-state index in [2.05, 4.69) is 38.6 Å². The molecule has 0 unspecified atom stereocenters. The van der Waals surface area contributed by atoms with E-state index in [0.717, 1.165) is 30.9 Å². The van der Waals surface area contributed by atoms with Crippen LogP contribution < -0.4 is 10.2 Å². The molecule has 1 aliphatic rings. The van der Waals surface area contributed by atoms with Gasteiger partial charge in [-0.25, -0.2) is 4.98 Å². The quantitative estimate of drug-likeness (QED) is 0.900. The maximum Gasteiger partial charge on any atom is 0.224 e. The van der Waals surface area contributed by atoms with Crippen LogP contribution in [0.1, 0.15) is 16.0 Å². The first-order valence-corrected chi connectivity index (χ1v) is 6.97. The number of fused-ring (bicyclic) bond motifs is 1. The summed E-state index contributed by atoms with van der Waals surface area (Å²) in [6, 6.07) is 2.22. The third kappa shape index (κ3) is 1.95. The molecule has 2 aromatic rings. The van der Waals surface area contributed by atoms with E-state index in [1.807, 2.05) is 24.6 Å². The Balaban J connectivity index is 1.92. The van der Waals surface area contributed by atoms with Crippen LogP contribution in [0.3, 0.4) is 0 Å². The Kier molecular flexibility index (Phi) is 2.91. The van der Waals surface area contributed by atoms with Crippen molar-refractivity contribution in [3.8, 4) is 0 Å². The smallest absolute Gasteiger partial charge is 0.224 e. The van der Waals surface area contributed by atoms with Crippen LogP contribution >= 0.6 is 11.3 Å². The van der Waals surface area contributed by atoms with Gasteiger partial charge in [-0.05, 0) is 30.4 Å². The van der Waals surface area contributed by atoms with Gasteiger partial charge < -0.3 is 10.2 Å². The van der Waals surface area contributed by atoms with E-state index in [9.17, 15) is 0 Å². The van der Waals surface area contributed by atoms with Gasteiger partial charge in [-0.15, -0.1) is 11.3 Å². The van der Waals surface area contributed by atoms with Gasteiger partial charge in [0.15, 0.2) is 0 Å². The highest BCUT2D eigenvalue weighted by molar-refractivity contribution is 7.10. The molecule has 3 heterocycles. The summed E-state index contributed by atoms with van der Waals surface area (Å²) in [5, 5.41) is 5.18. The van der Waals surface area contributed by atoms with Gasteiger partial charge in [0.25, 0.3) is 0 Å².